The maximum absolute atomic E-state index is 5.97. The molecule has 0 aliphatic rings. The normalized spacial score (nSPS) is 12.8. The monoisotopic (exact) mass is 295 g/mol. The van der Waals surface area contributed by atoms with Crippen molar-refractivity contribution in [3.63, 3.8) is 0 Å². The van der Waals surface area contributed by atoms with E-state index in [4.69, 9.17) is 14.2 Å². The molecule has 0 saturated carbocycles. The number of benzene rings is 1. The molecule has 0 amide bonds. The minimum Gasteiger partial charge on any atom is -0.385 e. The number of methoxy groups -OCH3 is 1. The van der Waals surface area contributed by atoms with Gasteiger partial charge in [0.05, 0.1) is 19.3 Å². The molecule has 1 aromatic rings. The fourth-order valence-electron chi connectivity index (χ4n) is 1.94. The molecule has 1 unspecified atom stereocenters. The molecule has 1 rings (SSSR count). The molecule has 1 atom stereocenters. The quantitative estimate of drug-likeness (QED) is 0.602. The van der Waals surface area contributed by atoms with E-state index in [0.717, 1.165) is 26.2 Å². The summed E-state index contributed by atoms with van der Waals surface area (Å²) in [4.78, 5) is 0. The van der Waals surface area contributed by atoms with E-state index in [0.29, 0.717) is 19.3 Å². The average Bonchev–Trinajstić information content (AvgIpc) is 2.50. The molecular formula is C17H29NO3. The van der Waals surface area contributed by atoms with E-state index < -0.39 is 0 Å². The summed E-state index contributed by atoms with van der Waals surface area (Å²) >= 11 is 0. The fraction of sp³-hybridized carbons (Fsp3) is 0.647. The van der Waals surface area contributed by atoms with Crippen LogP contribution in [-0.2, 0) is 14.2 Å². The average molecular weight is 295 g/mol. The molecule has 0 aliphatic heterocycles. The highest BCUT2D eigenvalue weighted by atomic mass is 16.5. The van der Waals surface area contributed by atoms with Gasteiger partial charge in [-0.15, -0.1) is 0 Å². The predicted molar refractivity (Wildman–Crippen MR) is 85.6 cm³/mol. The van der Waals surface area contributed by atoms with Gasteiger partial charge in [0.2, 0.25) is 0 Å². The Labute approximate surface area is 128 Å². The molecule has 0 radical (unpaired) electrons. The Balaban J connectivity index is 2.29. The van der Waals surface area contributed by atoms with Gasteiger partial charge in [-0.2, -0.15) is 0 Å². The highest BCUT2D eigenvalue weighted by molar-refractivity contribution is 5.17. The minimum absolute atomic E-state index is 0.0659. The zero-order valence-corrected chi connectivity index (χ0v) is 13.5. The number of ether oxygens (including phenoxy) is 3. The highest BCUT2D eigenvalue weighted by Gasteiger charge is 2.11. The largest absolute Gasteiger partial charge is 0.385 e. The topological polar surface area (TPSA) is 39.7 Å². The van der Waals surface area contributed by atoms with Crippen molar-refractivity contribution in [2.45, 2.75) is 32.4 Å². The van der Waals surface area contributed by atoms with Crippen molar-refractivity contribution in [3.05, 3.63) is 35.9 Å². The van der Waals surface area contributed by atoms with Crippen LogP contribution in [0.1, 0.15) is 31.9 Å². The number of nitrogens with one attached hydrogen (secondary N) is 1. The third-order valence-electron chi connectivity index (χ3n) is 3.07. The first-order valence-corrected chi connectivity index (χ1v) is 7.70. The van der Waals surface area contributed by atoms with E-state index in [1.165, 1.54) is 5.56 Å². The second-order valence-corrected chi connectivity index (χ2v) is 5.29. The van der Waals surface area contributed by atoms with Gasteiger partial charge < -0.3 is 19.5 Å². The summed E-state index contributed by atoms with van der Waals surface area (Å²) in [6.45, 7) is 7.78. The van der Waals surface area contributed by atoms with Crippen molar-refractivity contribution >= 4 is 0 Å². The van der Waals surface area contributed by atoms with E-state index in [1.807, 2.05) is 18.2 Å². The van der Waals surface area contributed by atoms with Crippen LogP contribution in [-0.4, -0.2) is 46.1 Å². The Morgan fingerprint density at radius 1 is 1.00 bits per heavy atom. The Morgan fingerprint density at radius 3 is 2.43 bits per heavy atom. The van der Waals surface area contributed by atoms with Crippen LogP contribution in [0.2, 0.25) is 0 Å². The van der Waals surface area contributed by atoms with E-state index in [2.05, 4.69) is 31.3 Å². The molecule has 0 spiro atoms. The summed E-state index contributed by atoms with van der Waals surface area (Å²) in [5.74, 6) is 0. The van der Waals surface area contributed by atoms with Gasteiger partial charge in [0.1, 0.15) is 0 Å². The molecular weight excluding hydrogens is 266 g/mol. The van der Waals surface area contributed by atoms with Crippen LogP contribution in [0.5, 0.6) is 0 Å². The third-order valence-corrected chi connectivity index (χ3v) is 3.07. The van der Waals surface area contributed by atoms with E-state index >= 15 is 0 Å². The van der Waals surface area contributed by atoms with Crippen LogP contribution in [0.3, 0.4) is 0 Å². The lowest BCUT2D eigenvalue weighted by molar-refractivity contribution is 0.000146. The zero-order chi connectivity index (χ0) is 15.3. The number of hydrogen-bond acceptors (Lipinski definition) is 4. The molecule has 0 aliphatic carbocycles. The van der Waals surface area contributed by atoms with Crippen LogP contribution in [0.25, 0.3) is 0 Å². The smallest absolute Gasteiger partial charge is 0.0950 e. The molecule has 21 heavy (non-hydrogen) atoms. The maximum atomic E-state index is 5.97. The third kappa shape index (κ3) is 8.83. The van der Waals surface area contributed by atoms with Crippen molar-refractivity contribution in [2.24, 2.45) is 0 Å². The standard InChI is InChI=1S/C17H29NO3/c1-15(2)18-14-17(16-8-5-4-6-9-16)21-13-12-20-11-7-10-19-3/h4-6,8-9,15,17-18H,7,10-14H2,1-3H3. The van der Waals surface area contributed by atoms with Crippen molar-refractivity contribution in [3.8, 4) is 0 Å². The van der Waals surface area contributed by atoms with Gasteiger partial charge in [-0.1, -0.05) is 44.2 Å². The van der Waals surface area contributed by atoms with Crippen molar-refractivity contribution in [2.75, 3.05) is 40.1 Å². The molecule has 0 heterocycles. The number of rotatable bonds is 12. The van der Waals surface area contributed by atoms with Gasteiger partial charge in [-0.3, -0.25) is 0 Å². The van der Waals surface area contributed by atoms with Crippen LogP contribution in [0.15, 0.2) is 30.3 Å². The molecule has 4 nitrogen and oxygen atoms in total. The molecule has 120 valence electrons. The molecule has 0 bridgehead atoms. The summed E-state index contributed by atoms with van der Waals surface area (Å²) in [5, 5.41) is 3.43. The highest BCUT2D eigenvalue weighted by Crippen LogP contribution is 2.16. The second kappa shape index (κ2) is 11.7. The van der Waals surface area contributed by atoms with Gasteiger partial charge in [-0.05, 0) is 12.0 Å². The molecule has 0 fully saturated rings. The van der Waals surface area contributed by atoms with Gasteiger partial charge >= 0.3 is 0 Å². The van der Waals surface area contributed by atoms with Gasteiger partial charge in [0.15, 0.2) is 0 Å². The minimum atomic E-state index is 0.0659. The van der Waals surface area contributed by atoms with Crippen LogP contribution >= 0.6 is 0 Å². The maximum Gasteiger partial charge on any atom is 0.0950 e. The Bertz CT molecular complexity index is 343. The lowest BCUT2D eigenvalue weighted by atomic mass is 10.1. The van der Waals surface area contributed by atoms with Gasteiger partial charge in [0, 0.05) is 32.9 Å². The molecule has 1 aromatic carbocycles. The summed E-state index contributed by atoms with van der Waals surface area (Å²) in [6, 6.07) is 10.8. The predicted octanol–water partition coefficient (Wildman–Crippen LogP) is 2.80. The summed E-state index contributed by atoms with van der Waals surface area (Å²) < 4.78 is 16.5. The van der Waals surface area contributed by atoms with E-state index in [-0.39, 0.29) is 6.10 Å². The van der Waals surface area contributed by atoms with E-state index in [1.54, 1.807) is 7.11 Å². The SMILES string of the molecule is COCCCOCCOC(CNC(C)C)c1ccccc1. The van der Waals surface area contributed by atoms with Gasteiger partial charge in [0.25, 0.3) is 0 Å². The number of hydrogen-bond donors (Lipinski definition) is 1. The summed E-state index contributed by atoms with van der Waals surface area (Å²) in [7, 11) is 1.70. The molecule has 0 aromatic heterocycles. The fourth-order valence-corrected chi connectivity index (χ4v) is 1.94. The molecule has 0 saturated heterocycles. The lowest BCUT2D eigenvalue weighted by Crippen LogP contribution is -2.29. The first-order valence-electron chi connectivity index (χ1n) is 7.70. The Hall–Kier alpha value is -0.940. The molecule has 4 heteroatoms. The summed E-state index contributed by atoms with van der Waals surface area (Å²) in [6.07, 6.45) is 0.990. The lowest BCUT2D eigenvalue weighted by Gasteiger charge is -2.20. The zero-order valence-electron chi connectivity index (χ0n) is 13.5. The van der Waals surface area contributed by atoms with Crippen LogP contribution in [0.4, 0.5) is 0 Å². The second-order valence-electron chi connectivity index (χ2n) is 5.29. The van der Waals surface area contributed by atoms with Crippen molar-refractivity contribution in [1.82, 2.24) is 5.32 Å². The molecule has 1 N–H and O–H groups in total. The van der Waals surface area contributed by atoms with Crippen molar-refractivity contribution < 1.29 is 14.2 Å². The first-order chi connectivity index (χ1) is 10.2. The van der Waals surface area contributed by atoms with Crippen molar-refractivity contribution in [1.29, 1.82) is 0 Å². The van der Waals surface area contributed by atoms with E-state index in [9.17, 15) is 0 Å². The van der Waals surface area contributed by atoms with Crippen LogP contribution in [0, 0.1) is 0 Å². The summed E-state index contributed by atoms with van der Waals surface area (Å²) in [5.41, 5.74) is 1.20. The van der Waals surface area contributed by atoms with Crippen LogP contribution < -0.4 is 5.32 Å². The Morgan fingerprint density at radius 2 is 1.76 bits per heavy atom. The Kier molecular flexibility index (Phi) is 10.1. The van der Waals surface area contributed by atoms with Gasteiger partial charge in [-0.25, -0.2) is 0 Å². The first kappa shape index (κ1) is 18.1.